The maximum Gasteiger partial charge on any atom is 0.330 e. The van der Waals surface area contributed by atoms with Crippen LogP contribution in [-0.4, -0.2) is 12.6 Å². The summed E-state index contributed by atoms with van der Waals surface area (Å²) in [7, 11) is 0. The molecule has 0 radical (unpaired) electrons. The van der Waals surface area contributed by atoms with Crippen LogP contribution in [0, 0.1) is 16.7 Å². The van der Waals surface area contributed by atoms with Crippen molar-refractivity contribution in [1.82, 2.24) is 0 Å². The molecule has 0 aromatic heterocycles. The van der Waals surface area contributed by atoms with Crippen LogP contribution in [-0.2, 0) is 16.0 Å². The Balaban J connectivity index is 2.60. The van der Waals surface area contributed by atoms with E-state index in [0.717, 1.165) is 19.3 Å². The van der Waals surface area contributed by atoms with Gasteiger partial charge in [0.25, 0.3) is 0 Å². The minimum absolute atomic E-state index is 0.261. The molecule has 0 aliphatic rings. The zero-order valence-electron chi connectivity index (χ0n) is 13.1. The highest BCUT2D eigenvalue weighted by atomic mass is 16.5. The van der Waals surface area contributed by atoms with Crippen LogP contribution in [0.25, 0.3) is 0 Å². The number of carbonyl (C=O) groups excluding carboxylic acids is 1. The Morgan fingerprint density at radius 1 is 1.41 bits per heavy atom. The van der Waals surface area contributed by atoms with E-state index in [4.69, 9.17) is 4.74 Å². The summed E-state index contributed by atoms with van der Waals surface area (Å²) >= 11 is 0. The lowest BCUT2D eigenvalue weighted by atomic mass is 9.85. The summed E-state index contributed by atoms with van der Waals surface area (Å²) in [5, 5.41) is 9.39. The zero-order valence-corrected chi connectivity index (χ0v) is 13.1. The first-order valence-electron chi connectivity index (χ1n) is 7.59. The number of carbonyl (C=O) groups is 1. The summed E-state index contributed by atoms with van der Waals surface area (Å²) in [6, 6.07) is 12.3. The van der Waals surface area contributed by atoms with Crippen LogP contribution >= 0.6 is 0 Å². The van der Waals surface area contributed by atoms with Crippen LogP contribution in [0.15, 0.2) is 55.1 Å². The fourth-order valence-corrected chi connectivity index (χ4v) is 2.19. The molecule has 3 heteroatoms. The van der Waals surface area contributed by atoms with Gasteiger partial charge in [0.15, 0.2) is 5.41 Å². The predicted octanol–water partition coefficient (Wildman–Crippen LogP) is 4.21. The largest absolute Gasteiger partial charge is 0.465 e. The van der Waals surface area contributed by atoms with E-state index in [1.807, 2.05) is 24.3 Å². The number of esters is 1. The normalized spacial score (nSPS) is 13.3. The number of hydrogen-bond acceptors (Lipinski definition) is 3. The average Bonchev–Trinajstić information content (AvgIpc) is 2.54. The molecule has 0 N–H and O–H groups in total. The lowest BCUT2D eigenvalue weighted by Crippen LogP contribution is -2.29. The van der Waals surface area contributed by atoms with Gasteiger partial charge in [0.1, 0.15) is 0 Å². The van der Waals surface area contributed by atoms with E-state index in [2.05, 4.69) is 24.8 Å². The number of hydrogen-bond donors (Lipinski definition) is 0. The number of unbranched alkanes of at least 4 members (excludes halogenated alkanes) is 1. The molecule has 0 aliphatic carbocycles. The highest BCUT2D eigenvalue weighted by Gasteiger charge is 2.36. The molecule has 1 aromatic carbocycles. The van der Waals surface area contributed by atoms with Gasteiger partial charge in [-0.05, 0) is 38.2 Å². The van der Waals surface area contributed by atoms with Crippen LogP contribution in [0.1, 0.15) is 31.7 Å². The summed E-state index contributed by atoms with van der Waals surface area (Å²) in [5.41, 5.74) is 0.0451. The van der Waals surface area contributed by atoms with Gasteiger partial charge < -0.3 is 4.74 Å². The molecule has 0 aliphatic heterocycles. The van der Waals surface area contributed by atoms with Crippen LogP contribution in [0.5, 0.6) is 0 Å². The van der Waals surface area contributed by atoms with Crippen molar-refractivity contribution >= 4 is 5.97 Å². The van der Waals surface area contributed by atoms with Gasteiger partial charge in [0, 0.05) is 0 Å². The molecular weight excluding hydrogens is 274 g/mol. The van der Waals surface area contributed by atoms with Crippen molar-refractivity contribution in [1.29, 1.82) is 5.26 Å². The summed E-state index contributed by atoms with van der Waals surface area (Å²) in [6.07, 6.45) is 8.16. The summed E-state index contributed by atoms with van der Waals surface area (Å²) in [6.45, 7) is 5.63. The van der Waals surface area contributed by atoms with E-state index in [9.17, 15) is 10.1 Å². The van der Waals surface area contributed by atoms with Gasteiger partial charge in [-0.1, -0.05) is 48.6 Å². The molecule has 0 bridgehead atoms. The first kappa shape index (κ1) is 17.7. The second kappa shape index (κ2) is 9.57. The van der Waals surface area contributed by atoms with Crippen molar-refractivity contribution in [3.63, 3.8) is 0 Å². The van der Waals surface area contributed by atoms with Crippen molar-refractivity contribution in [2.24, 2.45) is 5.41 Å². The van der Waals surface area contributed by atoms with Crippen molar-refractivity contribution < 1.29 is 9.53 Å². The number of nitrogens with zero attached hydrogens (tertiary/aromatic N) is 1. The van der Waals surface area contributed by atoms with Crippen LogP contribution in [0.3, 0.4) is 0 Å². The minimum atomic E-state index is -1.25. The molecule has 0 unspecified atom stereocenters. The van der Waals surface area contributed by atoms with Crippen molar-refractivity contribution in [3.05, 3.63) is 60.7 Å². The number of ether oxygens (including phenoxy) is 1. The van der Waals surface area contributed by atoms with E-state index in [1.54, 1.807) is 19.1 Å². The van der Waals surface area contributed by atoms with E-state index >= 15 is 0 Å². The lowest BCUT2D eigenvalue weighted by molar-refractivity contribution is -0.149. The second-order valence-electron chi connectivity index (χ2n) is 5.08. The number of benzene rings is 1. The van der Waals surface area contributed by atoms with Gasteiger partial charge in [-0.25, -0.2) is 4.79 Å². The molecule has 0 heterocycles. The molecule has 3 nitrogen and oxygen atoms in total. The summed E-state index contributed by atoms with van der Waals surface area (Å²) in [5.74, 6) is -0.503. The number of nitriles is 1. The Morgan fingerprint density at radius 3 is 2.73 bits per heavy atom. The predicted molar refractivity (Wildman–Crippen MR) is 88.0 cm³/mol. The number of rotatable bonds is 9. The molecule has 0 saturated carbocycles. The smallest absolute Gasteiger partial charge is 0.330 e. The van der Waals surface area contributed by atoms with Gasteiger partial charge in [0.05, 0.1) is 12.7 Å². The first-order chi connectivity index (χ1) is 10.7. The van der Waals surface area contributed by atoms with Gasteiger partial charge in [-0.2, -0.15) is 5.26 Å². The Bertz CT molecular complexity index is 542. The topological polar surface area (TPSA) is 50.1 Å². The molecule has 116 valence electrons. The SMILES string of the molecule is C=CC[C@@](C#N)(/C=C/CCCc1ccccc1)C(=O)OCC. The Morgan fingerprint density at radius 2 is 2.14 bits per heavy atom. The molecule has 0 amide bonds. The van der Waals surface area contributed by atoms with E-state index in [0.29, 0.717) is 0 Å². The maximum atomic E-state index is 12.0. The molecule has 1 rings (SSSR count). The van der Waals surface area contributed by atoms with Crippen LogP contribution in [0.4, 0.5) is 0 Å². The Kier molecular flexibility index (Phi) is 7.70. The third kappa shape index (κ3) is 5.21. The quantitative estimate of drug-likeness (QED) is 0.389. The molecular formula is C19H23NO2. The molecule has 1 aromatic rings. The minimum Gasteiger partial charge on any atom is -0.465 e. The van der Waals surface area contributed by atoms with Crippen LogP contribution in [0.2, 0.25) is 0 Å². The summed E-state index contributed by atoms with van der Waals surface area (Å²) < 4.78 is 5.02. The monoisotopic (exact) mass is 297 g/mol. The maximum absolute atomic E-state index is 12.0. The standard InChI is InChI=1S/C19H23NO2/c1-3-14-19(16-20,18(21)22-4-2)15-10-6-9-13-17-11-7-5-8-12-17/h3,5,7-8,10-12,15H,1,4,6,9,13-14H2,2H3/b15-10+/t19-/m0/s1. The third-order valence-electron chi connectivity index (χ3n) is 3.39. The average molecular weight is 297 g/mol. The number of aryl methyl sites for hydroxylation is 1. The van der Waals surface area contributed by atoms with Gasteiger partial charge >= 0.3 is 5.97 Å². The van der Waals surface area contributed by atoms with Crippen molar-refractivity contribution in [2.45, 2.75) is 32.6 Å². The van der Waals surface area contributed by atoms with Gasteiger partial charge in [-0.15, -0.1) is 6.58 Å². The lowest BCUT2D eigenvalue weighted by Gasteiger charge is -2.18. The van der Waals surface area contributed by atoms with Gasteiger partial charge in [0.2, 0.25) is 0 Å². The van der Waals surface area contributed by atoms with E-state index in [-0.39, 0.29) is 13.0 Å². The summed E-state index contributed by atoms with van der Waals surface area (Å²) in [4.78, 5) is 12.0. The van der Waals surface area contributed by atoms with Gasteiger partial charge in [-0.3, -0.25) is 0 Å². The highest BCUT2D eigenvalue weighted by molar-refractivity contribution is 5.82. The van der Waals surface area contributed by atoms with Crippen LogP contribution < -0.4 is 0 Å². The molecule has 22 heavy (non-hydrogen) atoms. The fourth-order valence-electron chi connectivity index (χ4n) is 2.19. The zero-order chi connectivity index (χ0) is 16.3. The Hall–Kier alpha value is -2.34. The van der Waals surface area contributed by atoms with E-state index < -0.39 is 11.4 Å². The van der Waals surface area contributed by atoms with Crippen molar-refractivity contribution in [2.75, 3.05) is 6.61 Å². The third-order valence-corrected chi connectivity index (χ3v) is 3.39. The Labute approximate surface area is 132 Å². The molecule has 0 fully saturated rings. The molecule has 0 spiro atoms. The molecule has 1 atom stereocenters. The molecule has 0 saturated heterocycles. The fraction of sp³-hybridized carbons (Fsp3) is 0.368. The number of allylic oxidation sites excluding steroid dienone is 2. The first-order valence-corrected chi connectivity index (χ1v) is 7.59. The van der Waals surface area contributed by atoms with Crippen molar-refractivity contribution in [3.8, 4) is 6.07 Å². The second-order valence-corrected chi connectivity index (χ2v) is 5.08. The van der Waals surface area contributed by atoms with E-state index in [1.165, 1.54) is 5.56 Å². The highest BCUT2D eigenvalue weighted by Crippen LogP contribution is 2.26.